The van der Waals surface area contributed by atoms with Crippen LogP contribution < -0.4 is 0 Å². The number of carbonyl (C=O) groups is 3. The van der Waals surface area contributed by atoms with Crippen molar-refractivity contribution in [1.29, 1.82) is 0 Å². The quantitative estimate of drug-likeness (QED) is 0.392. The Morgan fingerprint density at radius 3 is 2.34 bits per heavy atom. The minimum absolute atomic E-state index is 0.105. The molecule has 1 aliphatic rings. The second-order valence-corrected chi connectivity index (χ2v) is 7.00. The molecule has 7 nitrogen and oxygen atoms in total. The zero-order chi connectivity index (χ0) is 20.7. The van der Waals surface area contributed by atoms with Crippen LogP contribution in [-0.2, 0) is 9.47 Å². The van der Waals surface area contributed by atoms with E-state index in [-0.39, 0.29) is 23.5 Å². The van der Waals surface area contributed by atoms with E-state index < -0.39 is 18.0 Å². The highest BCUT2D eigenvalue weighted by atomic mass is 16.6. The molecular formula is C22H19NO6. The molecule has 0 saturated carbocycles. The van der Waals surface area contributed by atoms with Crippen molar-refractivity contribution in [3.63, 3.8) is 0 Å². The van der Waals surface area contributed by atoms with Gasteiger partial charge in [0.25, 0.3) is 0 Å². The zero-order valence-electron chi connectivity index (χ0n) is 15.9. The molecule has 2 aromatic carbocycles. The number of rotatable bonds is 6. The maximum Gasteiger partial charge on any atom is 0.337 e. The first kappa shape index (κ1) is 18.9. The Morgan fingerprint density at radius 2 is 1.69 bits per heavy atom. The molecule has 0 spiro atoms. The number of ether oxygens (including phenoxy) is 2. The molecule has 4 rings (SSSR count). The molecular weight excluding hydrogens is 374 g/mol. The molecule has 1 aromatic heterocycles. The number of hydrogen-bond donors (Lipinski definition) is 1. The highest BCUT2D eigenvalue weighted by Gasteiger charge is 2.49. The smallest absolute Gasteiger partial charge is 0.337 e. The van der Waals surface area contributed by atoms with E-state index in [1.54, 1.807) is 42.5 Å². The Hall–Kier alpha value is -3.45. The number of ketones is 1. The van der Waals surface area contributed by atoms with Crippen molar-refractivity contribution in [1.82, 2.24) is 4.57 Å². The van der Waals surface area contributed by atoms with Gasteiger partial charge in [-0.15, -0.1) is 0 Å². The topological polar surface area (TPSA) is 98.1 Å². The van der Waals surface area contributed by atoms with Gasteiger partial charge in [-0.25, -0.2) is 9.59 Å². The molecule has 0 amide bonds. The summed E-state index contributed by atoms with van der Waals surface area (Å²) in [5, 5.41) is 9.95. The standard InChI is InChI=1S/C22H19NO6/c1-12(23-10-9-15-11-16(21(25)26)7-8-17(15)23)19-20(29-19)18(24)13-3-5-14(6-4-13)22(27)28-2/h3-12,19-20H,1-2H3,(H,25,26). The van der Waals surface area contributed by atoms with Gasteiger partial charge in [-0.05, 0) is 43.3 Å². The van der Waals surface area contributed by atoms with Crippen LogP contribution in [0.15, 0.2) is 54.7 Å². The van der Waals surface area contributed by atoms with Crippen LogP contribution in [0.3, 0.4) is 0 Å². The normalized spacial score (nSPS) is 19.0. The van der Waals surface area contributed by atoms with Gasteiger partial charge < -0.3 is 19.1 Å². The van der Waals surface area contributed by atoms with Crippen LogP contribution in [0.2, 0.25) is 0 Å². The third kappa shape index (κ3) is 3.40. The number of carboxylic acids is 1. The second kappa shape index (κ2) is 7.18. The average molecular weight is 393 g/mol. The van der Waals surface area contributed by atoms with Gasteiger partial charge in [0.05, 0.1) is 24.3 Å². The molecule has 3 unspecified atom stereocenters. The Bertz CT molecular complexity index is 1110. The molecule has 0 bridgehead atoms. The largest absolute Gasteiger partial charge is 0.478 e. The maximum absolute atomic E-state index is 12.7. The molecule has 0 aliphatic carbocycles. The number of aromatic carboxylic acids is 1. The van der Waals surface area contributed by atoms with E-state index in [9.17, 15) is 14.4 Å². The van der Waals surface area contributed by atoms with Crippen molar-refractivity contribution >= 4 is 28.6 Å². The first-order valence-electron chi connectivity index (χ1n) is 9.12. The number of benzene rings is 2. The number of carbonyl (C=O) groups excluding carboxylic acids is 2. The average Bonchev–Trinajstić information content (AvgIpc) is 3.43. The molecule has 1 fully saturated rings. The molecule has 3 atom stereocenters. The van der Waals surface area contributed by atoms with Crippen molar-refractivity contribution in [3.8, 4) is 0 Å². The summed E-state index contributed by atoms with van der Waals surface area (Å²) in [6.07, 6.45) is 1.04. The predicted octanol–water partition coefficient (Wildman–Crippen LogP) is 3.34. The summed E-state index contributed by atoms with van der Waals surface area (Å²) in [4.78, 5) is 35.4. The van der Waals surface area contributed by atoms with Crippen molar-refractivity contribution in [2.75, 3.05) is 7.11 Å². The molecule has 2 heterocycles. The van der Waals surface area contributed by atoms with Gasteiger partial charge in [-0.3, -0.25) is 4.79 Å². The van der Waals surface area contributed by atoms with Crippen molar-refractivity contribution in [3.05, 3.63) is 71.4 Å². The SMILES string of the molecule is COC(=O)c1ccc(C(=O)C2OC2C(C)n2ccc3cc(C(=O)O)ccc32)cc1. The molecule has 1 N–H and O–H groups in total. The lowest BCUT2D eigenvalue weighted by molar-refractivity contribution is 0.0599. The van der Waals surface area contributed by atoms with Gasteiger partial charge in [0.15, 0.2) is 5.78 Å². The molecule has 29 heavy (non-hydrogen) atoms. The number of nitrogens with zero attached hydrogens (tertiary/aromatic N) is 1. The summed E-state index contributed by atoms with van der Waals surface area (Å²) in [6.45, 7) is 1.96. The third-order valence-corrected chi connectivity index (χ3v) is 5.26. The summed E-state index contributed by atoms with van der Waals surface area (Å²) in [5.41, 5.74) is 1.96. The van der Waals surface area contributed by atoms with Crippen LogP contribution in [0, 0.1) is 0 Å². The third-order valence-electron chi connectivity index (χ3n) is 5.26. The fraction of sp³-hybridized carbons (Fsp3) is 0.227. The fourth-order valence-electron chi connectivity index (χ4n) is 3.56. The second-order valence-electron chi connectivity index (χ2n) is 7.00. The summed E-state index contributed by atoms with van der Waals surface area (Å²) in [5.74, 6) is -1.56. The highest BCUT2D eigenvalue weighted by molar-refractivity contribution is 6.02. The number of carboxylic acid groups (broad SMARTS) is 1. The van der Waals surface area contributed by atoms with E-state index >= 15 is 0 Å². The molecule has 148 valence electrons. The van der Waals surface area contributed by atoms with E-state index in [1.807, 2.05) is 23.8 Å². The van der Waals surface area contributed by atoms with Crippen LogP contribution in [0.25, 0.3) is 10.9 Å². The van der Waals surface area contributed by atoms with E-state index in [0.29, 0.717) is 11.1 Å². The van der Waals surface area contributed by atoms with Crippen LogP contribution in [-0.4, -0.2) is 46.7 Å². The lowest BCUT2D eigenvalue weighted by Crippen LogP contribution is -2.17. The van der Waals surface area contributed by atoms with Crippen LogP contribution in [0.4, 0.5) is 0 Å². The molecule has 3 aromatic rings. The summed E-state index contributed by atoms with van der Waals surface area (Å²) >= 11 is 0. The first-order chi connectivity index (χ1) is 13.9. The van der Waals surface area contributed by atoms with Gasteiger partial charge in [-0.2, -0.15) is 0 Å². The number of epoxide rings is 1. The number of fused-ring (bicyclic) bond motifs is 1. The number of Topliss-reactive ketones (excluding diaryl/α,β-unsaturated/α-hetero) is 1. The number of hydrogen-bond acceptors (Lipinski definition) is 5. The maximum atomic E-state index is 12.7. The van der Waals surface area contributed by atoms with Crippen LogP contribution >= 0.6 is 0 Å². The van der Waals surface area contributed by atoms with Crippen LogP contribution in [0.5, 0.6) is 0 Å². The Morgan fingerprint density at radius 1 is 1.03 bits per heavy atom. The van der Waals surface area contributed by atoms with E-state index in [0.717, 1.165) is 10.9 Å². The van der Waals surface area contributed by atoms with Gasteiger partial charge >= 0.3 is 11.9 Å². The van der Waals surface area contributed by atoms with Gasteiger partial charge in [-0.1, -0.05) is 12.1 Å². The number of esters is 1. The number of methoxy groups -OCH3 is 1. The van der Waals surface area contributed by atoms with E-state index in [1.165, 1.54) is 7.11 Å². The minimum atomic E-state index is -0.970. The summed E-state index contributed by atoms with van der Waals surface area (Å²) in [7, 11) is 1.30. The molecule has 7 heteroatoms. The van der Waals surface area contributed by atoms with E-state index in [2.05, 4.69) is 4.74 Å². The van der Waals surface area contributed by atoms with Crippen LogP contribution in [0.1, 0.15) is 44.0 Å². The number of aromatic nitrogens is 1. The van der Waals surface area contributed by atoms with Crippen molar-refractivity contribution in [2.24, 2.45) is 0 Å². The lowest BCUT2D eigenvalue weighted by atomic mass is 10.0. The highest BCUT2D eigenvalue weighted by Crippen LogP contribution is 2.36. The van der Waals surface area contributed by atoms with Gasteiger partial charge in [0.2, 0.25) is 0 Å². The Balaban J connectivity index is 1.50. The van der Waals surface area contributed by atoms with Crippen molar-refractivity contribution < 1.29 is 29.0 Å². The zero-order valence-corrected chi connectivity index (χ0v) is 15.9. The predicted molar refractivity (Wildman–Crippen MR) is 104 cm³/mol. The van der Waals surface area contributed by atoms with Crippen molar-refractivity contribution in [2.45, 2.75) is 25.2 Å². The molecule has 0 radical (unpaired) electrons. The summed E-state index contributed by atoms with van der Waals surface area (Å²) < 4.78 is 12.3. The first-order valence-corrected chi connectivity index (χ1v) is 9.12. The summed E-state index contributed by atoms with van der Waals surface area (Å²) in [6, 6.07) is 13.0. The Kier molecular flexibility index (Phi) is 4.68. The molecule has 1 saturated heterocycles. The monoisotopic (exact) mass is 393 g/mol. The minimum Gasteiger partial charge on any atom is -0.478 e. The van der Waals surface area contributed by atoms with E-state index in [4.69, 9.17) is 9.84 Å². The Labute approximate surface area is 166 Å². The van der Waals surface area contributed by atoms with Gasteiger partial charge in [0, 0.05) is 22.7 Å². The lowest BCUT2D eigenvalue weighted by Gasteiger charge is -2.13. The fourth-order valence-corrected chi connectivity index (χ4v) is 3.56. The van der Waals surface area contributed by atoms with Gasteiger partial charge in [0.1, 0.15) is 12.2 Å². The molecule has 1 aliphatic heterocycles.